The van der Waals surface area contributed by atoms with E-state index in [0.29, 0.717) is 19.1 Å². The predicted octanol–water partition coefficient (Wildman–Crippen LogP) is 4.13. The van der Waals surface area contributed by atoms with Crippen LogP contribution < -0.4 is 9.47 Å². The second-order valence-electron chi connectivity index (χ2n) is 6.23. The highest BCUT2D eigenvalue weighted by Crippen LogP contribution is 2.21. The number of rotatable bonds is 9. The topological polar surface area (TPSA) is 61.5 Å². The van der Waals surface area contributed by atoms with Gasteiger partial charge in [-0.1, -0.05) is 38.1 Å². The molecule has 0 aliphatic rings. The Morgan fingerprint density at radius 3 is 2.41 bits per heavy atom. The average Bonchev–Trinajstić information content (AvgIpc) is 3.23. The van der Waals surface area contributed by atoms with Crippen molar-refractivity contribution in [2.75, 3.05) is 13.2 Å². The van der Waals surface area contributed by atoms with Gasteiger partial charge in [0.25, 0.3) is 0 Å². The van der Waals surface area contributed by atoms with Crippen LogP contribution in [-0.2, 0) is 0 Å². The third kappa shape index (κ3) is 5.67. The molecular formula is C21H24N4O2. The second kappa shape index (κ2) is 9.52. The Kier molecular flexibility index (Phi) is 6.57. The summed E-state index contributed by atoms with van der Waals surface area (Å²) in [6.45, 7) is 5.39. The third-order valence-corrected chi connectivity index (χ3v) is 4.29. The molecule has 0 saturated heterocycles. The van der Waals surface area contributed by atoms with Crippen LogP contribution in [-0.4, -0.2) is 34.3 Å². The van der Waals surface area contributed by atoms with E-state index in [4.69, 9.17) is 9.47 Å². The predicted molar refractivity (Wildman–Crippen MR) is 106 cm³/mol. The summed E-state index contributed by atoms with van der Waals surface area (Å²) < 4.78 is 13.1. The first-order valence-corrected chi connectivity index (χ1v) is 9.09. The molecule has 0 aliphatic heterocycles. The molecule has 0 bridgehead atoms. The van der Waals surface area contributed by atoms with Gasteiger partial charge in [0, 0.05) is 0 Å². The van der Waals surface area contributed by atoms with Crippen molar-refractivity contribution in [3.05, 3.63) is 72.3 Å². The fourth-order valence-electron chi connectivity index (χ4n) is 2.52. The Morgan fingerprint density at radius 2 is 1.70 bits per heavy atom. The minimum Gasteiger partial charge on any atom is -0.490 e. The zero-order valence-corrected chi connectivity index (χ0v) is 15.7. The van der Waals surface area contributed by atoms with Crippen molar-refractivity contribution < 1.29 is 9.47 Å². The summed E-state index contributed by atoms with van der Waals surface area (Å²) in [5.41, 5.74) is 2.27. The number of ether oxygens (including phenoxy) is 2. The Labute approximate surface area is 159 Å². The molecular weight excluding hydrogens is 340 g/mol. The Bertz CT molecular complexity index is 845. The number of hydrogen-bond acceptors (Lipinski definition) is 5. The van der Waals surface area contributed by atoms with E-state index in [1.807, 2.05) is 36.4 Å². The first-order valence-electron chi connectivity index (χ1n) is 9.09. The van der Waals surface area contributed by atoms with E-state index in [9.17, 15) is 0 Å². The van der Waals surface area contributed by atoms with Crippen molar-refractivity contribution in [1.29, 1.82) is 0 Å². The van der Waals surface area contributed by atoms with E-state index in [-0.39, 0.29) is 0 Å². The lowest BCUT2D eigenvalue weighted by molar-refractivity contribution is 0.217. The summed E-state index contributed by atoms with van der Waals surface area (Å²) in [7, 11) is 0. The average molecular weight is 364 g/mol. The van der Waals surface area contributed by atoms with Crippen molar-refractivity contribution >= 4 is 6.21 Å². The smallest absolute Gasteiger partial charge is 0.141 e. The molecule has 0 saturated carbocycles. The van der Waals surface area contributed by atoms with Gasteiger partial charge in [-0.15, -0.1) is 10.2 Å². The van der Waals surface area contributed by atoms with Gasteiger partial charge in [0.15, 0.2) is 0 Å². The monoisotopic (exact) mass is 364 g/mol. The molecule has 27 heavy (non-hydrogen) atoms. The minimum atomic E-state index is 0.471. The minimum absolute atomic E-state index is 0.471. The van der Waals surface area contributed by atoms with Gasteiger partial charge in [-0.2, -0.15) is 5.10 Å². The lowest BCUT2D eigenvalue weighted by Crippen LogP contribution is -2.09. The molecule has 0 fully saturated rings. The highest BCUT2D eigenvalue weighted by atomic mass is 16.5. The van der Waals surface area contributed by atoms with Crippen LogP contribution in [0.3, 0.4) is 0 Å². The molecule has 0 N–H and O–H groups in total. The van der Waals surface area contributed by atoms with E-state index < -0.39 is 0 Å². The van der Waals surface area contributed by atoms with E-state index in [0.717, 1.165) is 23.5 Å². The summed E-state index contributed by atoms with van der Waals surface area (Å²) in [5, 5.41) is 11.6. The molecule has 0 amide bonds. The molecule has 3 rings (SSSR count). The molecule has 3 aromatic rings. The Balaban J connectivity index is 1.46. The van der Waals surface area contributed by atoms with Crippen LogP contribution in [0.4, 0.5) is 0 Å². The summed E-state index contributed by atoms with van der Waals surface area (Å²) >= 11 is 0. The SMILES string of the molecule is CCC(C)c1ccc(OCCOc2cccc(/C=N/n3cnnc3)c2)cc1. The number of aromatic nitrogens is 3. The van der Waals surface area contributed by atoms with Crippen molar-refractivity contribution in [1.82, 2.24) is 14.9 Å². The molecule has 1 heterocycles. The van der Waals surface area contributed by atoms with Crippen LogP contribution in [0.5, 0.6) is 11.5 Å². The van der Waals surface area contributed by atoms with E-state index in [2.05, 4.69) is 41.3 Å². The summed E-state index contributed by atoms with van der Waals surface area (Å²) in [6.07, 6.45) is 5.93. The first kappa shape index (κ1) is 18.6. The van der Waals surface area contributed by atoms with Gasteiger partial charge >= 0.3 is 0 Å². The maximum atomic E-state index is 5.77. The van der Waals surface area contributed by atoms with Gasteiger partial charge in [-0.3, -0.25) is 0 Å². The van der Waals surface area contributed by atoms with Crippen molar-refractivity contribution in [3.63, 3.8) is 0 Å². The normalized spacial score (nSPS) is 12.2. The fourth-order valence-corrected chi connectivity index (χ4v) is 2.52. The Hall–Kier alpha value is -3.15. The van der Waals surface area contributed by atoms with Crippen molar-refractivity contribution in [2.45, 2.75) is 26.2 Å². The van der Waals surface area contributed by atoms with E-state index in [1.54, 1.807) is 6.21 Å². The summed E-state index contributed by atoms with van der Waals surface area (Å²) in [5.74, 6) is 2.21. The lowest BCUT2D eigenvalue weighted by Gasteiger charge is -2.11. The van der Waals surface area contributed by atoms with Crippen molar-refractivity contribution in [2.24, 2.45) is 5.10 Å². The largest absolute Gasteiger partial charge is 0.490 e. The number of hydrogen-bond donors (Lipinski definition) is 0. The van der Waals surface area contributed by atoms with Crippen LogP contribution in [0.15, 0.2) is 66.3 Å². The zero-order chi connectivity index (χ0) is 18.9. The fraction of sp³-hybridized carbons (Fsp3) is 0.286. The van der Waals surface area contributed by atoms with Gasteiger partial charge in [-0.25, -0.2) is 4.68 Å². The maximum Gasteiger partial charge on any atom is 0.141 e. The molecule has 1 unspecified atom stereocenters. The van der Waals surface area contributed by atoms with Crippen LogP contribution in [0.25, 0.3) is 0 Å². The van der Waals surface area contributed by atoms with Crippen LogP contribution >= 0.6 is 0 Å². The van der Waals surface area contributed by atoms with E-state index in [1.165, 1.54) is 22.9 Å². The third-order valence-electron chi connectivity index (χ3n) is 4.29. The molecule has 140 valence electrons. The molecule has 1 aromatic heterocycles. The Morgan fingerprint density at radius 1 is 1.00 bits per heavy atom. The zero-order valence-electron chi connectivity index (χ0n) is 15.7. The molecule has 0 spiro atoms. The van der Waals surface area contributed by atoms with Crippen LogP contribution in [0.1, 0.15) is 37.3 Å². The van der Waals surface area contributed by atoms with E-state index >= 15 is 0 Å². The molecule has 0 radical (unpaired) electrons. The van der Waals surface area contributed by atoms with Crippen LogP contribution in [0, 0.1) is 0 Å². The molecule has 6 heteroatoms. The van der Waals surface area contributed by atoms with Crippen LogP contribution in [0.2, 0.25) is 0 Å². The lowest BCUT2D eigenvalue weighted by atomic mass is 9.99. The van der Waals surface area contributed by atoms with Crippen molar-refractivity contribution in [3.8, 4) is 11.5 Å². The first-order chi connectivity index (χ1) is 13.2. The number of nitrogens with zero attached hydrogens (tertiary/aromatic N) is 4. The highest BCUT2D eigenvalue weighted by Gasteiger charge is 2.03. The standard InChI is InChI=1S/C21H24N4O2/c1-3-17(2)19-7-9-20(10-8-19)26-11-12-27-21-6-4-5-18(13-21)14-24-25-15-22-23-16-25/h4-10,13-17H,3,11-12H2,1-2H3/b24-14+. The van der Waals surface area contributed by atoms with Gasteiger partial charge in [0.2, 0.25) is 0 Å². The van der Waals surface area contributed by atoms with Gasteiger partial charge in [-0.05, 0) is 47.7 Å². The highest BCUT2D eigenvalue weighted by molar-refractivity contribution is 5.80. The molecule has 0 aliphatic carbocycles. The van der Waals surface area contributed by atoms with Gasteiger partial charge in [0.1, 0.15) is 37.4 Å². The second-order valence-corrected chi connectivity index (χ2v) is 6.23. The molecule has 6 nitrogen and oxygen atoms in total. The maximum absolute atomic E-state index is 5.77. The van der Waals surface area contributed by atoms with Gasteiger partial charge < -0.3 is 9.47 Å². The molecule has 2 aromatic carbocycles. The molecule has 1 atom stereocenters. The quantitative estimate of drug-likeness (QED) is 0.423. The number of benzene rings is 2. The van der Waals surface area contributed by atoms with Gasteiger partial charge in [0.05, 0.1) is 6.21 Å². The summed E-state index contributed by atoms with van der Waals surface area (Å²) in [4.78, 5) is 0. The summed E-state index contributed by atoms with van der Waals surface area (Å²) in [6, 6.07) is 16.0.